The molecule has 3 fully saturated rings. The predicted octanol–water partition coefficient (Wildman–Crippen LogP) is 0.803. The first-order valence-electron chi connectivity index (χ1n) is 7.93. The molecule has 0 atom stereocenters. The zero-order valence-corrected chi connectivity index (χ0v) is 12.0. The van der Waals surface area contributed by atoms with Gasteiger partial charge in [-0.05, 0) is 31.6 Å². The third-order valence-electron chi connectivity index (χ3n) is 5.13. The van der Waals surface area contributed by atoms with E-state index < -0.39 is 0 Å². The summed E-state index contributed by atoms with van der Waals surface area (Å²) in [6.07, 6.45) is 4.94. The summed E-state index contributed by atoms with van der Waals surface area (Å²) in [6.45, 7) is 9.13. The molecule has 1 saturated carbocycles. The van der Waals surface area contributed by atoms with Crippen molar-refractivity contribution in [2.75, 3.05) is 59.1 Å². The van der Waals surface area contributed by atoms with Crippen LogP contribution in [0.3, 0.4) is 0 Å². The largest absolute Gasteiger partial charge is 0.396 e. The van der Waals surface area contributed by atoms with E-state index in [-0.39, 0.29) is 5.41 Å². The van der Waals surface area contributed by atoms with E-state index in [9.17, 15) is 5.11 Å². The fraction of sp³-hybridized carbons (Fsp3) is 1.00. The smallest absolute Gasteiger partial charge is 0.0501 e. The van der Waals surface area contributed by atoms with E-state index in [2.05, 4.69) is 9.80 Å². The summed E-state index contributed by atoms with van der Waals surface area (Å²) in [4.78, 5) is 5.19. The topological polar surface area (TPSA) is 35.9 Å². The van der Waals surface area contributed by atoms with Crippen molar-refractivity contribution in [3.8, 4) is 0 Å². The van der Waals surface area contributed by atoms with Crippen LogP contribution in [0, 0.1) is 11.3 Å². The van der Waals surface area contributed by atoms with Crippen LogP contribution in [0.25, 0.3) is 0 Å². The van der Waals surface area contributed by atoms with Crippen LogP contribution in [-0.4, -0.2) is 74.0 Å². The number of nitrogens with zero attached hydrogens (tertiary/aromatic N) is 2. The second-order valence-corrected chi connectivity index (χ2v) is 6.79. The first-order chi connectivity index (χ1) is 9.30. The molecule has 0 aromatic carbocycles. The van der Waals surface area contributed by atoms with Gasteiger partial charge in [0.05, 0.1) is 6.61 Å². The van der Waals surface area contributed by atoms with E-state index >= 15 is 0 Å². The zero-order chi connectivity index (χ0) is 13.1. The lowest BCUT2D eigenvalue weighted by Crippen LogP contribution is -2.52. The molecule has 0 radical (unpaired) electrons. The number of hydrogen-bond donors (Lipinski definition) is 1. The van der Waals surface area contributed by atoms with Crippen LogP contribution < -0.4 is 0 Å². The monoisotopic (exact) mass is 268 g/mol. The molecule has 0 aromatic heterocycles. The lowest BCUT2D eigenvalue weighted by atomic mass is 9.80. The zero-order valence-electron chi connectivity index (χ0n) is 12.0. The fourth-order valence-corrected chi connectivity index (χ4v) is 3.44. The molecule has 0 unspecified atom stereocenters. The van der Waals surface area contributed by atoms with Crippen LogP contribution in [-0.2, 0) is 4.74 Å². The van der Waals surface area contributed by atoms with Crippen molar-refractivity contribution >= 4 is 0 Å². The summed E-state index contributed by atoms with van der Waals surface area (Å²) in [7, 11) is 0. The molecule has 110 valence electrons. The highest BCUT2D eigenvalue weighted by Crippen LogP contribution is 2.32. The van der Waals surface area contributed by atoms with Gasteiger partial charge in [0.2, 0.25) is 0 Å². The third-order valence-corrected chi connectivity index (χ3v) is 5.13. The summed E-state index contributed by atoms with van der Waals surface area (Å²) in [5.74, 6) is 1.01. The number of piperazine rings is 1. The Morgan fingerprint density at radius 3 is 2.21 bits per heavy atom. The maximum absolute atomic E-state index is 9.76. The highest BCUT2D eigenvalue weighted by atomic mass is 16.5. The van der Waals surface area contributed by atoms with Crippen molar-refractivity contribution in [3.63, 3.8) is 0 Å². The molecule has 4 nitrogen and oxygen atoms in total. The van der Waals surface area contributed by atoms with Gasteiger partial charge >= 0.3 is 0 Å². The van der Waals surface area contributed by atoms with E-state index in [4.69, 9.17) is 4.74 Å². The van der Waals surface area contributed by atoms with Gasteiger partial charge in [0.25, 0.3) is 0 Å². The van der Waals surface area contributed by atoms with E-state index in [0.29, 0.717) is 6.61 Å². The molecule has 3 aliphatic rings. The van der Waals surface area contributed by atoms with E-state index in [1.54, 1.807) is 0 Å². The van der Waals surface area contributed by atoms with Gasteiger partial charge < -0.3 is 19.6 Å². The average molecular weight is 268 g/mol. The molecular formula is C15H28N2O2. The molecule has 1 N–H and O–H groups in total. The van der Waals surface area contributed by atoms with Gasteiger partial charge in [-0.15, -0.1) is 0 Å². The molecule has 2 aliphatic heterocycles. The van der Waals surface area contributed by atoms with Crippen molar-refractivity contribution in [2.45, 2.75) is 25.7 Å². The van der Waals surface area contributed by atoms with Gasteiger partial charge in [0.15, 0.2) is 0 Å². The lowest BCUT2D eigenvalue weighted by molar-refractivity contribution is -0.0405. The number of aliphatic hydroxyl groups excluding tert-OH is 1. The Morgan fingerprint density at radius 2 is 1.63 bits per heavy atom. The summed E-state index contributed by atoms with van der Waals surface area (Å²) >= 11 is 0. The molecule has 1 aliphatic carbocycles. The van der Waals surface area contributed by atoms with E-state index in [1.165, 1.54) is 45.6 Å². The second kappa shape index (κ2) is 6.08. The van der Waals surface area contributed by atoms with Gasteiger partial charge in [-0.1, -0.05) is 0 Å². The minimum absolute atomic E-state index is 0.108. The van der Waals surface area contributed by atoms with Gasteiger partial charge in [-0.25, -0.2) is 0 Å². The minimum Gasteiger partial charge on any atom is -0.396 e. The molecule has 0 amide bonds. The standard InChI is InChI=1S/C15H28N2O2/c18-13-15(3-9-19-10-4-15)12-17-7-5-16(6-8-17)11-14-1-2-14/h14,18H,1-13H2. The fourth-order valence-electron chi connectivity index (χ4n) is 3.44. The van der Waals surface area contributed by atoms with Gasteiger partial charge in [-0.2, -0.15) is 0 Å². The number of ether oxygens (including phenoxy) is 1. The highest BCUT2D eigenvalue weighted by Gasteiger charge is 2.35. The quantitative estimate of drug-likeness (QED) is 0.800. The molecular weight excluding hydrogens is 240 g/mol. The predicted molar refractivity (Wildman–Crippen MR) is 75.2 cm³/mol. The Kier molecular flexibility index (Phi) is 4.42. The molecule has 19 heavy (non-hydrogen) atoms. The summed E-state index contributed by atoms with van der Waals surface area (Å²) in [5.41, 5.74) is 0.108. The van der Waals surface area contributed by atoms with Crippen LogP contribution in [0.15, 0.2) is 0 Å². The van der Waals surface area contributed by atoms with Crippen LogP contribution in [0.1, 0.15) is 25.7 Å². The molecule has 2 heterocycles. The Labute approximate surface area is 116 Å². The van der Waals surface area contributed by atoms with Crippen LogP contribution in [0.4, 0.5) is 0 Å². The first-order valence-corrected chi connectivity index (χ1v) is 7.93. The molecule has 0 aromatic rings. The Morgan fingerprint density at radius 1 is 1.00 bits per heavy atom. The van der Waals surface area contributed by atoms with E-state index in [0.717, 1.165) is 38.5 Å². The number of aliphatic hydroxyl groups is 1. The number of rotatable bonds is 5. The van der Waals surface area contributed by atoms with Crippen molar-refractivity contribution in [3.05, 3.63) is 0 Å². The Balaban J connectivity index is 1.44. The minimum atomic E-state index is 0.108. The summed E-state index contributed by atoms with van der Waals surface area (Å²) < 4.78 is 5.45. The van der Waals surface area contributed by atoms with Crippen LogP contribution in [0.2, 0.25) is 0 Å². The van der Waals surface area contributed by atoms with Crippen molar-refractivity contribution in [2.24, 2.45) is 11.3 Å². The number of hydrogen-bond acceptors (Lipinski definition) is 4. The SMILES string of the molecule is OCC1(CN2CCN(CC3CC3)CC2)CCOCC1. The van der Waals surface area contributed by atoms with Crippen molar-refractivity contribution in [1.29, 1.82) is 0 Å². The first kappa shape index (κ1) is 13.8. The molecule has 4 heteroatoms. The summed E-state index contributed by atoms with van der Waals surface area (Å²) in [6, 6.07) is 0. The third kappa shape index (κ3) is 3.69. The van der Waals surface area contributed by atoms with Crippen molar-refractivity contribution in [1.82, 2.24) is 9.80 Å². The van der Waals surface area contributed by atoms with Crippen molar-refractivity contribution < 1.29 is 9.84 Å². The molecule has 0 bridgehead atoms. The summed E-state index contributed by atoms with van der Waals surface area (Å²) in [5, 5.41) is 9.76. The maximum Gasteiger partial charge on any atom is 0.0501 e. The van der Waals surface area contributed by atoms with Gasteiger partial charge in [0.1, 0.15) is 0 Å². The van der Waals surface area contributed by atoms with Gasteiger partial charge in [-0.3, -0.25) is 0 Å². The molecule has 0 spiro atoms. The average Bonchev–Trinajstić information content (AvgIpc) is 3.26. The maximum atomic E-state index is 9.76. The van der Waals surface area contributed by atoms with E-state index in [1.807, 2.05) is 0 Å². The van der Waals surface area contributed by atoms with Crippen LogP contribution in [0.5, 0.6) is 0 Å². The highest BCUT2D eigenvalue weighted by molar-refractivity contribution is 4.87. The lowest BCUT2D eigenvalue weighted by Gasteiger charge is -2.42. The van der Waals surface area contributed by atoms with Gasteiger partial charge in [0, 0.05) is 57.9 Å². The molecule has 3 rings (SSSR count). The normalized spacial score (nSPS) is 29.5. The Bertz CT molecular complexity index is 280. The van der Waals surface area contributed by atoms with Crippen LogP contribution >= 0.6 is 0 Å². The second-order valence-electron chi connectivity index (χ2n) is 6.79. The molecule has 2 saturated heterocycles. The Hall–Kier alpha value is -0.160.